The van der Waals surface area contributed by atoms with E-state index in [0.29, 0.717) is 23.0 Å². The Balaban J connectivity index is 2.05. The standard InChI is InChI=1S/C23H24O6/c1-16(24)5-7-18-9-11-20(22(13-18)26-3)28-15-29-21-12-10-19(8-6-17(2)25)14-23(21)27-4/h5-14H,15H2,1-4H3/b7-5+,8-6+. The summed E-state index contributed by atoms with van der Waals surface area (Å²) in [5.74, 6) is 2.00. The molecule has 0 amide bonds. The van der Waals surface area contributed by atoms with Crippen molar-refractivity contribution in [2.75, 3.05) is 21.0 Å². The highest BCUT2D eigenvalue weighted by Gasteiger charge is 2.08. The number of benzene rings is 2. The Morgan fingerprint density at radius 2 is 1.14 bits per heavy atom. The minimum absolute atomic E-state index is 0.0329. The molecule has 0 spiro atoms. The molecule has 152 valence electrons. The Hall–Kier alpha value is -3.54. The topological polar surface area (TPSA) is 71.1 Å². The van der Waals surface area contributed by atoms with Crippen LogP contribution in [0.3, 0.4) is 0 Å². The normalized spacial score (nSPS) is 10.9. The van der Waals surface area contributed by atoms with Gasteiger partial charge in [0.05, 0.1) is 14.2 Å². The van der Waals surface area contributed by atoms with Gasteiger partial charge in [-0.15, -0.1) is 0 Å². The molecule has 2 aromatic carbocycles. The van der Waals surface area contributed by atoms with Crippen LogP contribution in [0.2, 0.25) is 0 Å². The predicted octanol–water partition coefficient (Wildman–Crippen LogP) is 4.32. The van der Waals surface area contributed by atoms with Gasteiger partial charge in [0.15, 0.2) is 34.6 Å². The Kier molecular flexibility index (Phi) is 8.03. The molecule has 2 aromatic rings. The van der Waals surface area contributed by atoms with Gasteiger partial charge in [0.1, 0.15) is 0 Å². The van der Waals surface area contributed by atoms with Crippen molar-refractivity contribution in [3.8, 4) is 23.0 Å². The fourth-order valence-electron chi connectivity index (χ4n) is 2.40. The summed E-state index contributed by atoms with van der Waals surface area (Å²) in [6, 6.07) is 10.7. The van der Waals surface area contributed by atoms with Crippen LogP contribution in [0.25, 0.3) is 12.2 Å². The van der Waals surface area contributed by atoms with Gasteiger partial charge in [0.25, 0.3) is 0 Å². The molecule has 0 heterocycles. The maximum atomic E-state index is 11.1. The van der Waals surface area contributed by atoms with Gasteiger partial charge in [-0.2, -0.15) is 0 Å². The van der Waals surface area contributed by atoms with E-state index in [4.69, 9.17) is 18.9 Å². The minimum atomic E-state index is -0.0576. The zero-order valence-electron chi connectivity index (χ0n) is 16.9. The van der Waals surface area contributed by atoms with Gasteiger partial charge in [-0.25, -0.2) is 0 Å². The highest BCUT2D eigenvalue weighted by atomic mass is 16.7. The summed E-state index contributed by atoms with van der Waals surface area (Å²) < 4.78 is 22.0. The smallest absolute Gasteiger partial charge is 0.231 e. The van der Waals surface area contributed by atoms with E-state index in [1.165, 1.54) is 40.2 Å². The summed E-state index contributed by atoms with van der Waals surface area (Å²) in [6.07, 6.45) is 6.39. The van der Waals surface area contributed by atoms with E-state index in [1.54, 1.807) is 36.4 Å². The summed E-state index contributed by atoms with van der Waals surface area (Å²) in [6.45, 7) is 2.92. The van der Waals surface area contributed by atoms with Crippen LogP contribution in [0.5, 0.6) is 23.0 Å². The van der Waals surface area contributed by atoms with Crippen LogP contribution >= 0.6 is 0 Å². The number of ether oxygens (including phenoxy) is 4. The molecule has 0 N–H and O–H groups in total. The van der Waals surface area contributed by atoms with Crippen LogP contribution in [-0.2, 0) is 9.59 Å². The lowest BCUT2D eigenvalue weighted by molar-refractivity contribution is -0.113. The van der Waals surface area contributed by atoms with E-state index in [9.17, 15) is 9.59 Å². The molecule has 29 heavy (non-hydrogen) atoms. The average Bonchev–Trinajstić information content (AvgIpc) is 2.71. The van der Waals surface area contributed by atoms with Crippen molar-refractivity contribution in [1.82, 2.24) is 0 Å². The van der Waals surface area contributed by atoms with Crippen LogP contribution in [0.15, 0.2) is 48.6 Å². The molecule has 0 radical (unpaired) electrons. The lowest BCUT2D eigenvalue weighted by Gasteiger charge is -2.14. The quantitative estimate of drug-likeness (QED) is 0.440. The summed E-state index contributed by atoms with van der Waals surface area (Å²) in [7, 11) is 3.08. The number of carbonyl (C=O) groups excluding carboxylic acids is 2. The number of ketones is 2. The number of rotatable bonds is 10. The molecule has 0 aliphatic heterocycles. The van der Waals surface area contributed by atoms with Crippen LogP contribution in [0, 0.1) is 0 Å². The van der Waals surface area contributed by atoms with E-state index < -0.39 is 0 Å². The molecule has 0 aromatic heterocycles. The molecule has 0 aliphatic carbocycles. The van der Waals surface area contributed by atoms with E-state index >= 15 is 0 Å². The summed E-state index contributed by atoms with van der Waals surface area (Å²) in [5.41, 5.74) is 1.64. The van der Waals surface area contributed by atoms with Crippen molar-refractivity contribution in [3.05, 3.63) is 59.7 Å². The van der Waals surface area contributed by atoms with E-state index in [2.05, 4.69) is 0 Å². The summed E-state index contributed by atoms with van der Waals surface area (Å²) in [5, 5.41) is 0. The zero-order valence-corrected chi connectivity index (χ0v) is 16.9. The second kappa shape index (κ2) is 10.7. The fourth-order valence-corrected chi connectivity index (χ4v) is 2.40. The lowest BCUT2D eigenvalue weighted by atomic mass is 10.1. The van der Waals surface area contributed by atoms with Crippen molar-refractivity contribution in [3.63, 3.8) is 0 Å². The third kappa shape index (κ3) is 6.84. The molecular weight excluding hydrogens is 372 g/mol. The highest BCUT2D eigenvalue weighted by molar-refractivity contribution is 5.92. The zero-order chi connectivity index (χ0) is 21.2. The maximum absolute atomic E-state index is 11.1. The number of carbonyl (C=O) groups is 2. The Bertz CT molecular complexity index is 851. The predicted molar refractivity (Wildman–Crippen MR) is 112 cm³/mol. The average molecular weight is 396 g/mol. The van der Waals surface area contributed by atoms with Gasteiger partial charge in [-0.1, -0.05) is 24.3 Å². The number of allylic oxidation sites excluding steroid dienone is 2. The second-order valence-electron chi connectivity index (χ2n) is 6.12. The molecule has 0 bridgehead atoms. The molecule has 0 aliphatic rings. The van der Waals surface area contributed by atoms with Crippen molar-refractivity contribution >= 4 is 23.7 Å². The Labute approximate surface area is 170 Å². The van der Waals surface area contributed by atoms with E-state index in [1.807, 2.05) is 12.1 Å². The van der Waals surface area contributed by atoms with Gasteiger partial charge >= 0.3 is 0 Å². The molecule has 0 atom stereocenters. The molecule has 2 rings (SSSR count). The van der Waals surface area contributed by atoms with Gasteiger partial charge in [0, 0.05) is 0 Å². The largest absolute Gasteiger partial charge is 0.493 e. The van der Waals surface area contributed by atoms with E-state index in [0.717, 1.165) is 11.1 Å². The second-order valence-corrected chi connectivity index (χ2v) is 6.12. The molecular formula is C23H24O6. The summed E-state index contributed by atoms with van der Waals surface area (Å²) >= 11 is 0. The van der Waals surface area contributed by atoms with E-state index in [-0.39, 0.29) is 18.4 Å². The Morgan fingerprint density at radius 1 is 0.724 bits per heavy atom. The van der Waals surface area contributed by atoms with Gasteiger partial charge in [0.2, 0.25) is 6.79 Å². The third-order valence-corrected chi connectivity index (χ3v) is 3.83. The van der Waals surface area contributed by atoms with Gasteiger partial charge in [-0.05, 0) is 61.4 Å². The molecule has 0 saturated carbocycles. The van der Waals surface area contributed by atoms with Crippen LogP contribution < -0.4 is 18.9 Å². The maximum Gasteiger partial charge on any atom is 0.231 e. The van der Waals surface area contributed by atoms with Crippen molar-refractivity contribution in [2.45, 2.75) is 13.8 Å². The monoisotopic (exact) mass is 396 g/mol. The molecule has 0 saturated heterocycles. The van der Waals surface area contributed by atoms with Crippen molar-refractivity contribution in [2.24, 2.45) is 0 Å². The van der Waals surface area contributed by atoms with Gasteiger partial charge in [-0.3, -0.25) is 9.59 Å². The number of hydrogen-bond acceptors (Lipinski definition) is 6. The molecule has 6 heteroatoms. The molecule has 0 unspecified atom stereocenters. The number of hydrogen-bond donors (Lipinski definition) is 0. The van der Waals surface area contributed by atoms with Crippen molar-refractivity contribution < 1.29 is 28.5 Å². The first-order valence-corrected chi connectivity index (χ1v) is 8.92. The van der Waals surface area contributed by atoms with Crippen molar-refractivity contribution in [1.29, 1.82) is 0 Å². The first-order chi connectivity index (χ1) is 13.9. The SMILES string of the molecule is COc1cc(/C=C/C(C)=O)ccc1OCOc1ccc(/C=C/C(C)=O)cc1OC. The van der Waals surface area contributed by atoms with Crippen LogP contribution in [0.4, 0.5) is 0 Å². The molecule has 6 nitrogen and oxygen atoms in total. The minimum Gasteiger partial charge on any atom is -0.493 e. The highest BCUT2D eigenvalue weighted by Crippen LogP contribution is 2.31. The summed E-state index contributed by atoms with van der Waals surface area (Å²) in [4.78, 5) is 22.1. The number of methoxy groups -OCH3 is 2. The Morgan fingerprint density at radius 3 is 1.48 bits per heavy atom. The first-order valence-electron chi connectivity index (χ1n) is 8.92. The van der Waals surface area contributed by atoms with Gasteiger partial charge < -0.3 is 18.9 Å². The van der Waals surface area contributed by atoms with Crippen LogP contribution in [-0.4, -0.2) is 32.6 Å². The fraction of sp³-hybridized carbons (Fsp3) is 0.217. The first kappa shape index (κ1) is 21.8. The lowest BCUT2D eigenvalue weighted by Crippen LogP contribution is -2.07. The third-order valence-electron chi connectivity index (χ3n) is 3.83. The molecule has 0 fully saturated rings. The van der Waals surface area contributed by atoms with Crippen LogP contribution in [0.1, 0.15) is 25.0 Å².